The molecule has 66 valence electrons. The molecule has 13 heavy (non-hydrogen) atoms. The molecule has 0 amide bonds. The molecule has 0 aliphatic heterocycles. The number of nitrogens with zero attached hydrogens (tertiary/aromatic N) is 2. The monoisotopic (exact) mass is 200 g/mol. The summed E-state index contributed by atoms with van der Waals surface area (Å²) >= 11 is 5.46. The lowest BCUT2D eigenvalue weighted by Gasteiger charge is -1.98. The molecule has 0 fully saturated rings. The van der Waals surface area contributed by atoms with Crippen molar-refractivity contribution in [1.82, 2.24) is 9.97 Å². The van der Waals surface area contributed by atoms with E-state index in [4.69, 9.17) is 11.6 Å². The molecule has 1 aromatic carbocycles. The van der Waals surface area contributed by atoms with Crippen molar-refractivity contribution in [2.24, 2.45) is 0 Å². The van der Waals surface area contributed by atoms with Gasteiger partial charge in [-0.3, -0.25) is 0 Å². The van der Waals surface area contributed by atoms with Crippen LogP contribution in [0.15, 0.2) is 18.3 Å². The highest BCUT2D eigenvalue weighted by Gasteiger charge is 2.05. The first-order valence-corrected chi connectivity index (χ1v) is 3.82. The van der Waals surface area contributed by atoms with E-state index in [1.807, 2.05) is 0 Å². The van der Waals surface area contributed by atoms with E-state index in [2.05, 4.69) is 9.97 Å². The molecular weight excluding hydrogens is 198 g/mol. The molecule has 0 spiro atoms. The van der Waals surface area contributed by atoms with Gasteiger partial charge in [0.25, 0.3) is 0 Å². The van der Waals surface area contributed by atoms with Gasteiger partial charge in [-0.2, -0.15) is 0 Å². The molecule has 2 aromatic rings. The third-order valence-corrected chi connectivity index (χ3v) is 1.77. The Morgan fingerprint density at radius 2 is 2.00 bits per heavy atom. The lowest BCUT2D eigenvalue weighted by molar-refractivity contribution is 0.591. The number of aromatic nitrogens is 2. The zero-order valence-corrected chi connectivity index (χ0v) is 7.02. The van der Waals surface area contributed by atoms with E-state index in [1.165, 1.54) is 6.20 Å². The average molecular weight is 201 g/mol. The second-order valence-electron chi connectivity index (χ2n) is 2.46. The van der Waals surface area contributed by atoms with Gasteiger partial charge in [-0.05, 0) is 11.6 Å². The van der Waals surface area contributed by atoms with Gasteiger partial charge in [0, 0.05) is 18.3 Å². The predicted molar refractivity (Wildman–Crippen MR) is 44.5 cm³/mol. The summed E-state index contributed by atoms with van der Waals surface area (Å²) in [6, 6.07) is 1.88. The maximum atomic E-state index is 13.0. The van der Waals surface area contributed by atoms with Crippen LogP contribution in [-0.4, -0.2) is 9.97 Å². The fourth-order valence-corrected chi connectivity index (χ4v) is 1.18. The summed E-state index contributed by atoms with van der Waals surface area (Å²) in [4.78, 5) is 7.26. The third-order valence-electron chi connectivity index (χ3n) is 1.59. The smallest absolute Gasteiger partial charge is 0.222 e. The normalized spacial score (nSPS) is 10.7. The first-order chi connectivity index (χ1) is 6.16. The fraction of sp³-hybridized carbons (Fsp3) is 0. The van der Waals surface area contributed by atoms with Gasteiger partial charge in [0.15, 0.2) is 0 Å². The quantitative estimate of drug-likeness (QED) is 0.611. The van der Waals surface area contributed by atoms with Crippen molar-refractivity contribution in [2.75, 3.05) is 0 Å². The van der Waals surface area contributed by atoms with Crippen LogP contribution in [0, 0.1) is 11.6 Å². The minimum absolute atomic E-state index is 0.0301. The Kier molecular flexibility index (Phi) is 1.84. The summed E-state index contributed by atoms with van der Waals surface area (Å²) in [5.74, 6) is -1.37. The van der Waals surface area contributed by atoms with E-state index in [0.717, 1.165) is 12.1 Å². The van der Waals surface area contributed by atoms with Gasteiger partial charge in [0.1, 0.15) is 11.6 Å². The number of hydrogen-bond acceptors (Lipinski definition) is 2. The van der Waals surface area contributed by atoms with Gasteiger partial charge in [-0.1, -0.05) is 0 Å². The zero-order valence-electron chi connectivity index (χ0n) is 6.26. The van der Waals surface area contributed by atoms with Crippen LogP contribution in [-0.2, 0) is 0 Å². The van der Waals surface area contributed by atoms with Crippen LogP contribution >= 0.6 is 11.6 Å². The standard InChI is InChI=1S/C8H3ClF2N2/c9-8-12-3-5-6(11)1-4(10)2-7(5)13-8/h1-3H. The van der Waals surface area contributed by atoms with Gasteiger partial charge < -0.3 is 0 Å². The fourth-order valence-electron chi connectivity index (χ4n) is 1.04. The molecule has 0 aliphatic carbocycles. The molecule has 0 atom stereocenters. The maximum Gasteiger partial charge on any atom is 0.222 e. The van der Waals surface area contributed by atoms with Crippen LogP contribution < -0.4 is 0 Å². The highest BCUT2D eigenvalue weighted by Crippen LogP contribution is 2.17. The van der Waals surface area contributed by atoms with Crippen LogP contribution in [0.3, 0.4) is 0 Å². The molecule has 0 unspecified atom stereocenters. The Balaban J connectivity index is 2.86. The van der Waals surface area contributed by atoms with Crippen LogP contribution in [0.5, 0.6) is 0 Å². The molecule has 0 bridgehead atoms. The Bertz CT molecular complexity index is 468. The summed E-state index contributed by atoms with van der Waals surface area (Å²) in [7, 11) is 0. The van der Waals surface area contributed by atoms with Crippen molar-refractivity contribution < 1.29 is 8.78 Å². The molecule has 0 N–H and O–H groups in total. The Hall–Kier alpha value is -1.29. The first-order valence-electron chi connectivity index (χ1n) is 3.44. The van der Waals surface area contributed by atoms with Crippen molar-refractivity contribution in [3.8, 4) is 0 Å². The van der Waals surface area contributed by atoms with Gasteiger partial charge in [0.05, 0.1) is 10.9 Å². The molecule has 0 saturated heterocycles. The summed E-state index contributed by atoms with van der Waals surface area (Å²) in [5.41, 5.74) is 0.164. The summed E-state index contributed by atoms with van der Waals surface area (Å²) in [6.07, 6.45) is 1.22. The van der Waals surface area contributed by atoms with E-state index in [0.29, 0.717) is 0 Å². The first kappa shape index (κ1) is 8.31. The minimum atomic E-state index is -0.688. The minimum Gasteiger partial charge on any atom is -0.226 e. The van der Waals surface area contributed by atoms with Crippen LogP contribution in [0.2, 0.25) is 5.28 Å². The van der Waals surface area contributed by atoms with E-state index in [1.54, 1.807) is 0 Å². The third kappa shape index (κ3) is 1.45. The largest absolute Gasteiger partial charge is 0.226 e. The molecule has 1 heterocycles. The highest BCUT2D eigenvalue weighted by molar-refractivity contribution is 6.28. The van der Waals surface area contributed by atoms with Gasteiger partial charge in [-0.15, -0.1) is 0 Å². The van der Waals surface area contributed by atoms with Gasteiger partial charge in [-0.25, -0.2) is 18.7 Å². The van der Waals surface area contributed by atoms with Crippen LogP contribution in [0.1, 0.15) is 0 Å². The molecule has 0 saturated carbocycles. The van der Waals surface area contributed by atoms with Crippen LogP contribution in [0.25, 0.3) is 10.9 Å². The second kappa shape index (κ2) is 2.88. The van der Waals surface area contributed by atoms with Crippen molar-refractivity contribution in [3.05, 3.63) is 35.2 Å². The lowest BCUT2D eigenvalue weighted by Crippen LogP contribution is -1.89. The van der Waals surface area contributed by atoms with Crippen molar-refractivity contribution in [1.29, 1.82) is 0 Å². The summed E-state index contributed by atoms with van der Waals surface area (Å²) in [6.45, 7) is 0. The molecular formula is C8H3ClF2N2. The average Bonchev–Trinajstić information content (AvgIpc) is 2.02. The number of fused-ring (bicyclic) bond motifs is 1. The molecule has 2 nitrogen and oxygen atoms in total. The van der Waals surface area contributed by atoms with E-state index < -0.39 is 11.6 Å². The van der Waals surface area contributed by atoms with E-state index in [-0.39, 0.29) is 16.2 Å². The lowest BCUT2D eigenvalue weighted by atomic mass is 10.2. The summed E-state index contributed by atoms with van der Waals surface area (Å²) < 4.78 is 25.7. The van der Waals surface area contributed by atoms with Gasteiger partial charge in [0.2, 0.25) is 5.28 Å². The second-order valence-corrected chi connectivity index (χ2v) is 2.80. The molecule has 1 aromatic heterocycles. The topological polar surface area (TPSA) is 25.8 Å². The van der Waals surface area contributed by atoms with E-state index >= 15 is 0 Å². The highest BCUT2D eigenvalue weighted by atomic mass is 35.5. The molecule has 0 radical (unpaired) electrons. The number of rotatable bonds is 0. The van der Waals surface area contributed by atoms with Crippen molar-refractivity contribution in [3.63, 3.8) is 0 Å². The zero-order chi connectivity index (χ0) is 9.42. The van der Waals surface area contributed by atoms with Crippen molar-refractivity contribution in [2.45, 2.75) is 0 Å². The van der Waals surface area contributed by atoms with Crippen LogP contribution in [0.4, 0.5) is 8.78 Å². The SMILES string of the molecule is Fc1cc(F)c2cnc(Cl)nc2c1. The molecule has 0 aliphatic rings. The molecule has 5 heteroatoms. The Labute approximate surface area is 77.2 Å². The molecule has 2 rings (SSSR count). The predicted octanol–water partition coefficient (Wildman–Crippen LogP) is 2.56. The van der Waals surface area contributed by atoms with Crippen molar-refractivity contribution >= 4 is 22.5 Å². The number of hydrogen-bond donors (Lipinski definition) is 0. The number of halogens is 3. The maximum absolute atomic E-state index is 13.0. The van der Waals surface area contributed by atoms with Gasteiger partial charge >= 0.3 is 0 Å². The number of benzene rings is 1. The van der Waals surface area contributed by atoms with E-state index in [9.17, 15) is 8.78 Å². The summed E-state index contributed by atoms with van der Waals surface area (Å²) in [5, 5.41) is 0.128. The Morgan fingerprint density at radius 1 is 1.23 bits per heavy atom. The Morgan fingerprint density at radius 3 is 2.77 bits per heavy atom.